The molecule has 4 atom stereocenters. The van der Waals surface area contributed by atoms with E-state index < -0.39 is 0 Å². The van der Waals surface area contributed by atoms with Crippen LogP contribution < -0.4 is 11.1 Å². The van der Waals surface area contributed by atoms with Crippen molar-refractivity contribution in [2.75, 3.05) is 0 Å². The van der Waals surface area contributed by atoms with Gasteiger partial charge < -0.3 is 11.1 Å². The number of pyridine rings is 1. The van der Waals surface area contributed by atoms with Gasteiger partial charge in [0, 0.05) is 24.3 Å². The number of nitrogens with zero attached hydrogens (tertiary/aromatic N) is 1. The van der Waals surface area contributed by atoms with Gasteiger partial charge in [0.05, 0.1) is 5.69 Å². The third kappa shape index (κ3) is 3.38. The van der Waals surface area contributed by atoms with Crippen LogP contribution in [0.1, 0.15) is 48.7 Å². The first kappa shape index (κ1) is 16.2. The Morgan fingerprint density at radius 3 is 2.90 bits per heavy atom. The van der Waals surface area contributed by atoms with Crippen molar-refractivity contribution in [3.8, 4) is 0 Å². The first-order chi connectivity index (χ1) is 9.67. The summed E-state index contributed by atoms with van der Waals surface area (Å²) in [4.78, 5) is 16.4. The Morgan fingerprint density at radius 2 is 2.29 bits per heavy atom. The highest BCUT2D eigenvalue weighted by molar-refractivity contribution is 5.94. The van der Waals surface area contributed by atoms with Crippen LogP contribution in [0.15, 0.2) is 18.3 Å². The molecule has 0 aliphatic heterocycles. The molecule has 1 aromatic heterocycles. The van der Waals surface area contributed by atoms with E-state index in [9.17, 15) is 4.79 Å². The zero-order chi connectivity index (χ0) is 14.1. The van der Waals surface area contributed by atoms with Gasteiger partial charge in [-0.3, -0.25) is 9.78 Å². The van der Waals surface area contributed by atoms with Crippen molar-refractivity contribution in [1.29, 1.82) is 0 Å². The summed E-state index contributed by atoms with van der Waals surface area (Å²) in [6.07, 6.45) is 7.06. The van der Waals surface area contributed by atoms with Gasteiger partial charge >= 0.3 is 0 Å². The van der Waals surface area contributed by atoms with E-state index in [2.05, 4.69) is 17.2 Å². The van der Waals surface area contributed by atoms with Crippen molar-refractivity contribution in [2.45, 2.75) is 45.2 Å². The molecule has 5 heteroatoms. The standard InChI is InChI=1S/C16H23N3O.ClH/c1-10(15-7-11-2-3-12(15)6-11)19-16(20)13-4-5-18-14(8-13)9-17;/h4-5,8,10-12,15H,2-3,6-7,9,17H2,1H3,(H,19,20);1H. The fraction of sp³-hybridized carbons (Fsp3) is 0.625. The predicted molar refractivity (Wildman–Crippen MR) is 85.2 cm³/mol. The number of hydrogen-bond acceptors (Lipinski definition) is 3. The molecule has 4 unspecified atom stereocenters. The lowest BCUT2D eigenvalue weighted by atomic mass is 9.84. The zero-order valence-electron chi connectivity index (χ0n) is 12.4. The summed E-state index contributed by atoms with van der Waals surface area (Å²) in [6.45, 7) is 2.51. The maximum Gasteiger partial charge on any atom is 0.251 e. The normalized spacial score (nSPS) is 28.0. The molecule has 2 fully saturated rings. The van der Waals surface area contributed by atoms with Crippen molar-refractivity contribution in [3.05, 3.63) is 29.6 Å². The topological polar surface area (TPSA) is 68.0 Å². The highest BCUT2D eigenvalue weighted by atomic mass is 35.5. The molecular weight excluding hydrogens is 286 g/mol. The van der Waals surface area contributed by atoms with Crippen LogP contribution in [0, 0.1) is 17.8 Å². The van der Waals surface area contributed by atoms with Gasteiger partial charge in [-0.2, -0.15) is 0 Å². The molecule has 2 bridgehead atoms. The Morgan fingerprint density at radius 1 is 1.48 bits per heavy atom. The summed E-state index contributed by atoms with van der Waals surface area (Å²) in [6, 6.07) is 3.79. The van der Waals surface area contributed by atoms with E-state index in [4.69, 9.17) is 5.73 Å². The zero-order valence-corrected chi connectivity index (χ0v) is 13.2. The summed E-state index contributed by atoms with van der Waals surface area (Å²) in [5.74, 6) is 2.40. The second-order valence-corrected chi connectivity index (χ2v) is 6.34. The largest absolute Gasteiger partial charge is 0.349 e. The summed E-state index contributed by atoms with van der Waals surface area (Å²) in [5.41, 5.74) is 6.98. The van der Waals surface area contributed by atoms with Crippen molar-refractivity contribution in [1.82, 2.24) is 10.3 Å². The molecule has 2 aliphatic carbocycles. The molecule has 3 N–H and O–H groups in total. The number of halogens is 1. The first-order valence-electron chi connectivity index (χ1n) is 7.63. The summed E-state index contributed by atoms with van der Waals surface area (Å²) in [5, 5.41) is 3.17. The van der Waals surface area contributed by atoms with Crippen LogP contribution in [-0.4, -0.2) is 16.9 Å². The molecular formula is C16H24ClN3O. The molecule has 1 heterocycles. The van der Waals surface area contributed by atoms with Crippen LogP contribution >= 0.6 is 12.4 Å². The quantitative estimate of drug-likeness (QED) is 0.898. The van der Waals surface area contributed by atoms with Gasteiger partial charge in [-0.1, -0.05) is 6.42 Å². The molecule has 0 radical (unpaired) electrons. The Kier molecular flexibility index (Phi) is 5.22. The molecule has 3 rings (SSSR count). The minimum absolute atomic E-state index is 0. The number of amides is 1. The molecule has 4 nitrogen and oxygen atoms in total. The van der Waals surface area contributed by atoms with Gasteiger partial charge in [0.2, 0.25) is 0 Å². The van der Waals surface area contributed by atoms with Crippen molar-refractivity contribution >= 4 is 18.3 Å². The lowest BCUT2D eigenvalue weighted by molar-refractivity contribution is 0.0915. The Balaban J connectivity index is 0.00000161. The van der Waals surface area contributed by atoms with Gasteiger partial charge in [-0.05, 0) is 56.1 Å². The Bertz CT molecular complexity index is 508. The number of carbonyl (C=O) groups is 1. The van der Waals surface area contributed by atoms with Gasteiger partial charge in [0.25, 0.3) is 5.91 Å². The monoisotopic (exact) mass is 309 g/mol. The lowest BCUT2D eigenvalue weighted by Crippen LogP contribution is -2.40. The highest BCUT2D eigenvalue weighted by Gasteiger charge is 2.42. The van der Waals surface area contributed by atoms with E-state index in [1.54, 1.807) is 18.3 Å². The second-order valence-electron chi connectivity index (χ2n) is 6.34. The SMILES string of the molecule is CC(NC(=O)c1ccnc(CN)c1)C1CC2CCC1C2.Cl. The Labute approximate surface area is 132 Å². The number of hydrogen-bond donors (Lipinski definition) is 2. The van der Waals surface area contributed by atoms with Gasteiger partial charge in [-0.25, -0.2) is 0 Å². The number of fused-ring (bicyclic) bond motifs is 2. The molecule has 1 aromatic rings. The van der Waals surface area contributed by atoms with Gasteiger partial charge in [0.15, 0.2) is 0 Å². The van der Waals surface area contributed by atoms with E-state index >= 15 is 0 Å². The number of carbonyl (C=O) groups excluding carboxylic acids is 1. The molecule has 0 saturated heterocycles. The minimum atomic E-state index is -0.00243. The number of aromatic nitrogens is 1. The predicted octanol–water partition coefficient (Wildman–Crippen LogP) is 2.52. The molecule has 0 spiro atoms. The average molecular weight is 310 g/mol. The molecule has 1 amide bonds. The van der Waals surface area contributed by atoms with E-state index in [-0.39, 0.29) is 24.4 Å². The van der Waals surface area contributed by atoms with Crippen molar-refractivity contribution in [3.63, 3.8) is 0 Å². The fourth-order valence-electron chi connectivity index (χ4n) is 4.03. The lowest BCUT2D eigenvalue weighted by Gasteiger charge is -2.28. The van der Waals surface area contributed by atoms with E-state index in [0.717, 1.165) is 17.5 Å². The first-order valence-corrected chi connectivity index (χ1v) is 7.63. The molecule has 21 heavy (non-hydrogen) atoms. The number of rotatable bonds is 4. The number of nitrogens with two attached hydrogens (primary N) is 1. The molecule has 2 aliphatic rings. The molecule has 2 saturated carbocycles. The highest BCUT2D eigenvalue weighted by Crippen LogP contribution is 2.49. The molecule has 116 valence electrons. The molecule has 0 aromatic carbocycles. The fourth-order valence-corrected chi connectivity index (χ4v) is 4.03. The summed E-state index contributed by atoms with van der Waals surface area (Å²) >= 11 is 0. The van der Waals surface area contributed by atoms with Crippen LogP contribution in [-0.2, 0) is 6.54 Å². The van der Waals surface area contributed by atoms with E-state index in [0.29, 0.717) is 18.0 Å². The van der Waals surface area contributed by atoms with Crippen LogP contribution in [0.2, 0.25) is 0 Å². The van der Waals surface area contributed by atoms with Gasteiger partial charge in [-0.15, -0.1) is 12.4 Å². The van der Waals surface area contributed by atoms with Crippen molar-refractivity contribution < 1.29 is 4.79 Å². The maximum absolute atomic E-state index is 12.3. The van der Waals surface area contributed by atoms with E-state index in [1.165, 1.54) is 25.7 Å². The van der Waals surface area contributed by atoms with Crippen molar-refractivity contribution in [2.24, 2.45) is 23.5 Å². The van der Waals surface area contributed by atoms with Crippen LogP contribution in [0.3, 0.4) is 0 Å². The number of nitrogens with one attached hydrogen (secondary N) is 1. The van der Waals surface area contributed by atoms with Crippen LogP contribution in [0.4, 0.5) is 0 Å². The van der Waals surface area contributed by atoms with Crippen LogP contribution in [0.25, 0.3) is 0 Å². The third-order valence-electron chi connectivity index (χ3n) is 5.08. The maximum atomic E-state index is 12.3. The van der Waals surface area contributed by atoms with Gasteiger partial charge in [0.1, 0.15) is 0 Å². The summed E-state index contributed by atoms with van der Waals surface area (Å²) in [7, 11) is 0. The third-order valence-corrected chi connectivity index (χ3v) is 5.08. The smallest absolute Gasteiger partial charge is 0.251 e. The summed E-state index contributed by atoms with van der Waals surface area (Å²) < 4.78 is 0. The Hall–Kier alpha value is -1.13. The van der Waals surface area contributed by atoms with E-state index in [1.807, 2.05) is 0 Å². The minimum Gasteiger partial charge on any atom is -0.349 e. The van der Waals surface area contributed by atoms with Crippen LogP contribution in [0.5, 0.6) is 0 Å². The second kappa shape index (κ2) is 6.75. The average Bonchev–Trinajstić information content (AvgIpc) is 3.10.